The molecule has 4 heteroatoms. The molecule has 1 aromatic carbocycles. The van der Waals surface area contributed by atoms with E-state index in [1.165, 1.54) is 24.2 Å². The first kappa shape index (κ1) is 14.9. The average Bonchev–Trinajstić information content (AvgIpc) is 2.39. The second kappa shape index (κ2) is 6.31. The van der Waals surface area contributed by atoms with Crippen molar-refractivity contribution < 1.29 is 0 Å². The summed E-state index contributed by atoms with van der Waals surface area (Å²) in [5.41, 5.74) is 2.76. The van der Waals surface area contributed by atoms with Gasteiger partial charge in [-0.2, -0.15) is 0 Å². The molecule has 2 rings (SSSR count). The number of nitrogens with zero attached hydrogens (tertiary/aromatic N) is 1. The number of aliphatic imine (C=N–C) groups is 1. The first-order valence-electron chi connectivity index (χ1n) is 6.78. The maximum atomic E-state index is 4.73. The van der Waals surface area contributed by atoms with Crippen molar-refractivity contribution in [2.24, 2.45) is 10.4 Å². The van der Waals surface area contributed by atoms with Crippen LogP contribution in [0, 0.1) is 12.3 Å². The molecule has 1 aliphatic heterocycles. The number of hydrogen-bond donors (Lipinski definition) is 1. The van der Waals surface area contributed by atoms with Gasteiger partial charge in [0.05, 0.1) is 0 Å². The van der Waals surface area contributed by atoms with E-state index in [0.717, 1.165) is 21.9 Å². The monoisotopic (exact) mass is 340 g/mol. The van der Waals surface area contributed by atoms with Crippen molar-refractivity contribution in [1.82, 2.24) is 0 Å². The molecule has 0 aromatic heterocycles. The number of amidine groups is 1. The summed E-state index contributed by atoms with van der Waals surface area (Å²) in [4.78, 5) is 4.73. The van der Waals surface area contributed by atoms with Gasteiger partial charge in [0.15, 0.2) is 5.17 Å². The fraction of sp³-hybridized carbons (Fsp3) is 0.533. The van der Waals surface area contributed by atoms with E-state index < -0.39 is 0 Å². The van der Waals surface area contributed by atoms with Crippen LogP contribution in [0.25, 0.3) is 0 Å². The summed E-state index contributed by atoms with van der Waals surface area (Å²) in [6, 6.07) is 6.35. The number of nitrogens with one attached hydrogen (secondary N) is 1. The summed E-state index contributed by atoms with van der Waals surface area (Å²) in [5.74, 6) is 1.17. The Morgan fingerprint density at radius 3 is 2.58 bits per heavy atom. The van der Waals surface area contributed by atoms with E-state index in [-0.39, 0.29) is 0 Å². The first-order chi connectivity index (χ1) is 9.07. The molecule has 0 fully saturated rings. The van der Waals surface area contributed by atoms with E-state index in [4.69, 9.17) is 4.99 Å². The van der Waals surface area contributed by atoms with E-state index >= 15 is 0 Å². The van der Waals surface area contributed by atoms with E-state index in [0.29, 0.717) is 5.41 Å². The van der Waals surface area contributed by atoms with E-state index in [1.54, 1.807) is 0 Å². The fourth-order valence-electron chi connectivity index (χ4n) is 2.24. The third-order valence-corrected chi connectivity index (χ3v) is 5.59. The molecule has 0 amide bonds. The normalized spacial score (nSPS) is 18.0. The molecular formula is C15H21BrN2S. The van der Waals surface area contributed by atoms with Crippen LogP contribution in [0.15, 0.2) is 27.7 Å². The van der Waals surface area contributed by atoms with E-state index in [9.17, 15) is 0 Å². The van der Waals surface area contributed by atoms with Gasteiger partial charge in [-0.25, -0.2) is 0 Å². The summed E-state index contributed by atoms with van der Waals surface area (Å²) >= 11 is 5.38. The molecule has 0 bridgehead atoms. The number of anilines is 1. The molecule has 0 spiro atoms. The fourth-order valence-corrected chi connectivity index (χ4v) is 4.13. The third kappa shape index (κ3) is 3.76. The maximum absolute atomic E-state index is 4.73. The van der Waals surface area contributed by atoms with Crippen LogP contribution in [0.3, 0.4) is 0 Å². The van der Waals surface area contributed by atoms with Gasteiger partial charge in [-0.05, 0) is 48.9 Å². The number of thioether (sulfide) groups is 1. The second-order valence-corrected chi connectivity index (χ2v) is 7.14. The Morgan fingerprint density at radius 1 is 1.32 bits per heavy atom. The molecule has 0 unspecified atom stereocenters. The third-order valence-electron chi connectivity index (χ3n) is 3.87. The molecule has 1 heterocycles. The van der Waals surface area contributed by atoms with Gasteiger partial charge in [-0.15, -0.1) is 0 Å². The van der Waals surface area contributed by atoms with Crippen molar-refractivity contribution in [1.29, 1.82) is 0 Å². The standard InChI is InChI=1S/C15H21BrN2S/c1-4-15(5-2)9-17-14(19-10-15)18-13-7-11(3)6-12(16)8-13/h6-8H,4-5,9-10H2,1-3H3,(H,17,18). The zero-order chi connectivity index (χ0) is 13.9. The van der Waals surface area contributed by atoms with E-state index in [1.807, 2.05) is 11.8 Å². The zero-order valence-electron chi connectivity index (χ0n) is 11.8. The number of rotatable bonds is 3. The van der Waals surface area contributed by atoms with Crippen molar-refractivity contribution in [3.05, 3.63) is 28.2 Å². The van der Waals surface area contributed by atoms with Gasteiger partial charge in [0, 0.05) is 22.5 Å². The van der Waals surface area contributed by atoms with Crippen molar-refractivity contribution in [2.75, 3.05) is 17.6 Å². The predicted octanol–water partition coefficient (Wildman–Crippen LogP) is 5.08. The lowest BCUT2D eigenvalue weighted by atomic mass is 9.84. The highest BCUT2D eigenvalue weighted by molar-refractivity contribution is 9.10. The summed E-state index contributed by atoms with van der Waals surface area (Å²) in [6.45, 7) is 7.60. The second-order valence-electron chi connectivity index (χ2n) is 5.26. The van der Waals surface area contributed by atoms with Crippen LogP contribution >= 0.6 is 27.7 Å². The predicted molar refractivity (Wildman–Crippen MR) is 90.3 cm³/mol. The van der Waals surface area contributed by atoms with Crippen molar-refractivity contribution in [3.8, 4) is 0 Å². The highest BCUT2D eigenvalue weighted by Crippen LogP contribution is 2.35. The lowest BCUT2D eigenvalue weighted by Gasteiger charge is -2.33. The zero-order valence-corrected chi connectivity index (χ0v) is 14.2. The Balaban J connectivity index is 2.07. The smallest absolute Gasteiger partial charge is 0.161 e. The minimum absolute atomic E-state index is 0.406. The van der Waals surface area contributed by atoms with Gasteiger partial charge >= 0.3 is 0 Å². The van der Waals surface area contributed by atoms with Crippen LogP contribution in [0.5, 0.6) is 0 Å². The van der Waals surface area contributed by atoms with Crippen LogP contribution in [-0.4, -0.2) is 17.5 Å². The van der Waals surface area contributed by atoms with Crippen LogP contribution in [0.4, 0.5) is 5.69 Å². The molecule has 0 atom stereocenters. The van der Waals surface area contributed by atoms with Gasteiger partial charge in [0.25, 0.3) is 0 Å². The molecule has 0 aliphatic carbocycles. The van der Waals surface area contributed by atoms with Gasteiger partial charge in [0.2, 0.25) is 0 Å². The molecule has 1 aromatic rings. The summed E-state index contributed by atoms with van der Waals surface area (Å²) in [6.07, 6.45) is 2.42. The van der Waals surface area contributed by atoms with Crippen LogP contribution in [0.2, 0.25) is 0 Å². The maximum Gasteiger partial charge on any atom is 0.161 e. The molecule has 0 saturated carbocycles. The molecule has 1 aliphatic rings. The first-order valence-corrected chi connectivity index (χ1v) is 8.56. The molecule has 2 nitrogen and oxygen atoms in total. The SMILES string of the molecule is CCC1(CC)CN=C(Nc2cc(C)cc(Br)c2)SC1. The van der Waals surface area contributed by atoms with E-state index in [2.05, 4.69) is 60.2 Å². The molecule has 0 radical (unpaired) electrons. The lowest BCUT2D eigenvalue weighted by molar-refractivity contribution is 0.318. The van der Waals surface area contributed by atoms with Crippen LogP contribution < -0.4 is 5.32 Å². The van der Waals surface area contributed by atoms with Crippen LogP contribution in [0.1, 0.15) is 32.3 Å². The highest BCUT2D eigenvalue weighted by Gasteiger charge is 2.30. The summed E-state index contributed by atoms with van der Waals surface area (Å²) in [7, 11) is 0. The quantitative estimate of drug-likeness (QED) is 0.829. The molecule has 1 N–H and O–H groups in total. The Labute approximate surface area is 128 Å². The van der Waals surface area contributed by atoms with Gasteiger partial charge in [0.1, 0.15) is 0 Å². The topological polar surface area (TPSA) is 24.4 Å². The minimum atomic E-state index is 0.406. The number of halogens is 1. The number of aryl methyl sites for hydroxylation is 1. The van der Waals surface area contributed by atoms with Crippen molar-refractivity contribution >= 4 is 38.5 Å². The average molecular weight is 341 g/mol. The largest absolute Gasteiger partial charge is 0.335 e. The highest BCUT2D eigenvalue weighted by atomic mass is 79.9. The lowest BCUT2D eigenvalue weighted by Crippen LogP contribution is -2.32. The molecule has 0 saturated heterocycles. The molecule has 19 heavy (non-hydrogen) atoms. The van der Waals surface area contributed by atoms with Gasteiger partial charge in [-0.1, -0.05) is 41.5 Å². The Hall–Kier alpha value is -0.480. The molecular weight excluding hydrogens is 320 g/mol. The Morgan fingerprint density at radius 2 is 2.05 bits per heavy atom. The van der Waals surface area contributed by atoms with Gasteiger partial charge < -0.3 is 5.32 Å². The van der Waals surface area contributed by atoms with Crippen LogP contribution in [-0.2, 0) is 0 Å². The minimum Gasteiger partial charge on any atom is -0.335 e. The molecule has 104 valence electrons. The number of hydrogen-bond acceptors (Lipinski definition) is 3. The summed E-state index contributed by atoms with van der Waals surface area (Å²) < 4.78 is 1.10. The number of benzene rings is 1. The Bertz CT molecular complexity index is 461. The Kier molecular flexibility index (Phi) is 4.96. The van der Waals surface area contributed by atoms with Crippen molar-refractivity contribution in [3.63, 3.8) is 0 Å². The van der Waals surface area contributed by atoms with Gasteiger partial charge in [-0.3, -0.25) is 4.99 Å². The van der Waals surface area contributed by atoms with Crippen molar-refractivity contribution in [2.45, 2.75) is 33.6 Å². The summed E-state index contributed by atoms with van der Waals surface area (Å²) in [5, 5.41) is 4.48.